The highest BCUT2D eigenvalue weighted by Gasteiger charge is 2.23. The van der Waals surface area contributed by atoms with Gasteiger partial charge in [-0.1, -0.05) is 48.2 Å². The first-order chi connectivity index (χ1) is 15.1. The zero-order chi connectivity index (χ0) is 21.4. The van der Waals surface area contributed by atoms with Gasteiger partial charge in [-0.25, -0.2) is 9.50 Å². The number of thioether (sulfide) groups is 1. The average Bonchev–Trinajstić information content (AvgIpc) is 3.39. The number of nitrogens with one attached hydrogen (secondary N) is 1. The number of fused-ring (bicyclic) bond motifs is 2. The van der Waals surface area contributed by atoms with E-state index in [2.05, 4.69) is 60.5 Å². The Bertz CT molecular complexity index is 1280. The number of aromatic nitrogens is 3. The summed E-state index contributed by atoms with van der Waals surface area (Å²) < 4.78 is 1.84. The number of rotatable bonds is 5. The first kappa shape index (κ1) is 19.8. The Morgan fingerprint density at radius 2 is 2.03 bits per heavy atom. The lowest BCUT2D eigenvalue weighted by Crippen LogP contribution is -2.28. The molecule has 0 radical (unpaired) electrons. The molecular weight excluding hydrogens is 404 g/mol. The topological polar surface area (TPSA) is 59.3 Å². The SMILES string of the molecule is Cc1ccc(-c2cc3c(SCC(=O)N[C@H]4CCc5ccccc54)nccn3n2)cc1C. The van der Waals surface area contributed by atoms with Crippen LogP contribution in [0.3, 0.4) is 0 Å². The second-order valence-electron chi connectivity index (χ2n) is 8.04. The van der Waals surface area contributed by atoms with Crippen molar-refractivity contribution in [1.29, 1.82) is 0 Å². The van der Waals surface area contributed by atoms with Crippen molar-refractivity contribution in [2.75, 3.05) is 5.75 Å². The van der Waals surface area contributed by atoms with E-state index in [1.807, 2.05) is 22.8 Å². The van der Waals surface area contributed by atoms with E-state index in [0.29, 0.717) is 5.75 Å². The van der Waals surface area contributed by atoms with Gasteiger partial charge in [-0.3, -0.25) is 4.79 Å². The van der Waals surface area contributed by atoms with Gasteiger partial charge in [-0.15, -0.1) is 0 Å². The summed E-state index contributed by atoms with van der Waals surface area (Å²) in [6.07, 6.45) is 5.56. The maximum atomic E-state index is 12.6. The Morgan fingerprint density at radius 3 is 2.90 bits per heavy atom. The van der Waals surface area contributed by atoms with Crippen molar-refractivity contribution < 1.29 is 4.79 Å². The predicted molar refractivity (Wildman–Crippen MR) is 124 cm³/mol. The molecule has 0 aliphatic heterocycles. The Labute approximate surface area is 185 Å². The summed E-state index contributed by atoms with van der Waals surface area (Å²) in [5, 5.41) is 8.71. The molecule has 2 aromatic carbocycles. The molecule has 2 heterocycles. The Balaban J connectivity index is 1.31. The largest absolute Gasteiger partial charge is 0.349 e. The van der Waals surface area contributed by atoms with Gasteiger partial charge in [0.2, 0.25) is 5.91 Å². The van der Waals surface area contributed by atoms with Gasteiger partial charge >= 0.3 is 0 Å². The number of hydrogen-bond donors (Lipinski definition) is 1. The summed E-state index contributed by atoms with van der Waals surface area (Å²) in [7, 11) is 0. The highest BCUT2D eigenvalue weighted by Crippen LogP contribution is 2.31. The van der Waals surface area contributed by atoms with Crippen LogP contribution in [0.2, 0.25) is 0 Å². The standard InChI is InChI=1S/C25H24N4OS/c1-16-7-8-19(13-17(16)2)22-14-23-25(26-11-12-29(23)28-22)31-15-24(30)27-21-10-9-18-5-3-4-6-20(18)21/h3-8,11-14,21H,9-10,15H2,1-2H3,(H,27,30)/t21-/m0/s1. The van der Waals surface area contributed by atoms with Gasteiger partial charge in [0.1, 0.15) is 5.03 Å². The quantitative estimate of drug-likeness (QED) is 0.459. The maximum Gasteiger partial charge on any atom is 0.230 e. The number of carbonyl (C=O) groups excluding carboxylic acids is 1. The molecule has 4 aromatic rings. The summed E-state index contributed by atoms with van der Waals surface area (Å²) in [5.41, 5.74) is 8.00. The van der Waals surface area contributed by atoms with Crippen molar-refractivity contribution in [1.82, 2.24) is 19.9 Å². The molecule has 1 atom stereocenters. The number of hydrogen-bond acceptors (Lipinski definition) is 4. The fourth-order valence-corrected chi connectivity index (χ4v) is 4.91. The van der Waals surface area contributed by atoms with Crippen molar-refractivity contribution in [3.05, 3.63) is 83.2 Å². The lowest BCUT2D eigenvalue weighted by atomic mass is 10.0. The van der Waals surface area contributed by atoms with Crippen LogP contribution in [0.25, 0.3) is 16.8 Å². The average molecular weight is 429 g/mol. The summed E-state index contributed by atoms with van der Waals surface area (Å²) >= 11 is 1.45. The van der Waals surface area contributed by atoms with Gasteiger partial charge in [0.25, 0.3) is 0 Å². The molecule has 156 valence electrons. The summed E-state index contributed by atoms with van der Waals surface area (Å²) in [4.78, 5) is 17.1. The predicted octanol–water partition coefficient (Wildman–Crippen LogP) is 4.91. The van der Waals surface area contributed by atoms with Crippen LogP contribution in [-0.2, 0) is 11.2 Å². The van der Waals surface area contributed by atoms with E-state index in [0.717, 1.165) is 34.6 Å². The molecule has 0 spiro atoms. The maximum absolute atomic E-state index is 12.6. The molecule has 0 fully saturated rings. The third-order valence-electron chi connectivity index (χ3n) is 5.97. The number of benzene rings is 2. The van der Waals surface area contributed by atoms with Crippen molar-refractivity contribution >= 4 is 23.2 Å². The monoisotopic (exact) mass is 428 g/mol. The van der Waals surface area contributed by atoms with Crippen molar-refractivity contribution in [2.45, 2.75) is 37.8 Å². The first-order valence-electron chi connectivity index (χ1n) is 10.5. The van der Waals surface area contributed by atoms with E-state index in [1.54, 1.807) is 6.20 Å². The Morgan fingerprint density at radius 1 is 1.16 bits per heavy atom. The fraction of sp³-hybridized carbons (Fsp3) is 0.240. The molecule has 6 heteroatoms. The number of nitrogens with zero attached hydrogens (tertiary/aromatic N) is 3. The Hall–Kier alpha value is -3.12. The summed E-state index contributed by atoms with van der Waals surface area (Å²) in [5.74, 6) is 0.361. The number of amides is 1. The van der Waals surface area contributed by atoms with Gasteiger partial charge < -0.3 is 5.32 Å². The molecule has 0 saturated heterocycles. The van der Waals surface area contributed by atoms with E-state index < -0.39 is 0 Å². The zero-order valence-electron chi connectivity index (χ0n) is 17.6. The van der Waals surface area contributed by atoms with Crippen molar-refractivity contribution in [2.24, 2.45) is 0 Å². The van der Waals surface area contributed by atoms with Crippen LogP contribution in [-0.4, -0.2) is 26.3 Å². The third-order valence-corrected chi connectivity index (χ3v) is 6.96. The molecule has 1 amide bonds. The molecule has 5 rings (SSSR count). The molecule has 1 N–H and O–H groups in total. The molecule has 2 aromatic heterocycles. The van der Waals surface area contributed by atoms with Gasteiger partial charge in [0, 0.05) is 18.0 Å². The molecule has 1 aliphatic carbocycles. The highest BCUT2D eigenvalue weighted by atomic mass is 32.2. The van der Waals surface area contributed by atoms with Gasteiger partial charge in [0.05, 0.1) is 23.0 Å². The zero-order valence-corrected chi connectivity index (χ0v) is 18.4. The third kappa shape index (κ3) is 3.95. The molecule has 31 heavy (non-hydrogen) atoms. The van der Waals surface area contributed by atoms with Crippen LogP contribution in [0, 0.1) is 13.8 Å². The number of aryl methyl sites for hydroxylation is 3. The van der Waals surface area contributed by atoms with E-state index in [-0.39, 0.29) is 11.9 Å². The van der Waals surface area contributed by atoms with Crippen LogP contribution in [0.5, 0.6) is 0 Å². The summed E-state index contributed by atoms with van der Waals surface area (Å²) in [6, 6.07) is 16.9. The van der Waals surface area contributed by atoms with Crippen LogP contribution >= 0.6 is 11.8 Å². The van der Waals surface area contributed by atoms with E-state index in [1.165, 1.54) is 34.0 Å². The molecule has 0 bridgehead atoms. The molecule has 5 nitrogen and oxygen atoms in total. The molecule has 0 unspecified atom stereocenters. The minimum absolute atomic E-state index is 0.0319. The van der Waals surface area contributed by atoms with E-state index in [9.17, 15) is 4.79 Å². The van der Waals surface area contributed by atoms with Gasteiger partial charge in [-0.2, -0.15) is 5.10 Å². The van der Waals surface area contributed by atoms with E-state index >= 15 is 0 Å². The minimum Gasteiger partial charge on any atom is -0.349 e. The normalized spacial score (nSPS) is 15.2. The lowest BCUT2D eigenvalue weighted by molar-refractivity contribution is -0.119. The lowest BCUT2D eigenvalue weighted by Gasteiger charge is -2.14. The van der Waals surface area contributed by atoms with E-state index in [4.69, 9.17) is 5.10 Å². The first-order valence-corrected chi connectivity index (χ1v) is 11.5. The molecule has 0 saturated carbocycles. The minimum atomic E-state index is 0.0319. The van der Waals surface area contributed by atoms with Crippen LogP contribution in [0.15, 0.2) is 66.0 Å². The highest BCUT2D eigenvalue weighted by molar-refractivity contribution is 8.00. The van der Waals surface area contributed by atoms with Crippen LogP contribution in [0.4, 0.5) is 0 Å². The van der Waals surface area contributed by atoms with Crippen LogP contribution in [0.1, 0.15) is 34.7 Å². The van der Waals surface area contributed by atoms with Crippen molar-refractivity contribution in [3.8, 4) is 11.3 Å². The van der Waals surface area contributed by atoms with Crippen molar-refractivity contribution in [3.63, 3.8) is 0 Å². The smallest absolute Gasteiger partial charge is 0.230 e. The second kappa shape index (κ2) is 8.19. The fourth-order valence-electron chi connectivity index (χ4n) is 4.13. The van der Waals surface area contributed by atoms with Gasteiger partial charge in [0.15, 0.2) is 0 Å². The molecule has 1 aliphatic rings. The summed E-state index contributed by atoms with van der Waals surface area (Å²) in [6.45, 7) is 4.22. The second-order valence-corrected chi connectivity index (χ2v) is 9.00. The van der Waals surface area contributed by atoms with Crippen LogP contribution < -0.4 is 5.32 Å². The number of carbonyl (C=O) groups is 1. The van der Waals surface area contributed by atoms with Gasteiger partial charge in [-0.05, 0) is 61.1 Å². The Kier molecular flexibility index (Phi) is 5.24. The molecular formula is C25H24N4OS.